The molecule has 0 saturated heterocycles. The Balaban J connectivity index is 1.54. The van der Waals surface area contributed by atoms with Gasteiger partial charge in [0.1, 0.15) is 11.5 Å². The number of carbonyl (C=O) groups is 1. The second-order valence-electron chi connectivity index (χ2n) is 5.87. The van der Waals surface area contributed by atoms with Gasteiger partial charge >= 0.3 is 0 Å². The Labute approximate surface area is 161 Å². The van der Waals surface area contributed by atoms with Crippen molar-refractivity contribution in [3.63, 3.8) is 0 Å². The highest BCUT2D eigenvalue weighted by molar-refractivity contribution is 7.89. The highest BCUT2D eigenvalue weighted by Crippen LogP contribution is 2.29. The van der Waals surface area contributed by atoms with Crippen LogP contribution in [0.2, 0.25) is 0 Å². The first-order valence-electron chi connectivity index (χ1n) is 8.22. The van der Waals surface area contributed by atoms with Gasteiger partial charge < -0.3 is 9.73 Å². The molecule has 2 heterocycles. The lowest BCUT2D eigenvalue weighted by atomic mass is 10.2. The summed E-state index contributed by atoms with van der Waals surface area (Å²) in [4.78, 5) is 16.6. The van der Waals surface area contributed by atoms with Crippen LogP contribution in [0.25, 0.3) is 11.3 Å². The van der Waals surface area contributed by atoms with Crippen LogP contribution in [-0.4, -0.2) is 25.9 Å². The minimum Gasteiger partial charge on any atom is -0.466 e. The molecule has 0 aliphatic heterocycles. The SMILES string of the molecule is Cc1cc(-c2csc(NC(=O)CCNS(=O)(=O)c3ccccc3)n2)c(C)o1. The van der Waals surface area contributed by atoms with Crippen molar-refractivity contribution in [2.24, 2.45) is 0 Å². The molecule has 7 nitrogen and oxygen atoms in total. The summed E-state index contributed by atoms with van der Waals surface area (Å²) in [6.45, 7) is 3.72. The number of rotatable bonds is 7. The Kier molecular flexibility index (Phi) is 5.73. The lowest BCUT2D eigenvalue weighted by molar-refractivity contribution is -0.116. The van der Waals surface area contributed by atoms with Gasteiger partial charge in [-0.2, -0.15) is 0 Å². The van der Waals surface area contributed by atoms with E-state index < -0.39 is 10.0 Å². The summed E-state index contributed by atoms with van der Waals surface area (Å²) < 4.78 is 32.1. The van der Waals surface area contributed by atoms with Gasteiger partial charge in [-0.25, -0.2) is 18.1 Å². The maximum atomic E-state index is 12.1. The first kappa shape index (κ1) is 19.3. The largest absolute Gasteiger partial charge is 0.466 e. The molecule has 0 atom stereocenters. The summed E-state index contributed by atoms with van der Waals surface area (Å²) in [5.74, 6) is 1.25. The van der Waals surface area contributed by atoms with Gasteiger partial charge in [0, 0.05) is 23.9 Å². The molecule has 0 aliphatic rings. The average molecular weight is 406 g/mol. The van der Waals surface area contributed by atoms with E-state index in [9.17, 15) is 13.2 Å². The zero-order valence-electron chi connectivity index (χ0n) is 14.9. The number of nitrogens with zero attached hydrogens (tertiary/aromatic N) is 1. The van der Waals surface area contributed by atoms with Gasteiger partial charge in [-0.05, 0) is 32.0 Å². The molecule has 3 aromatic rings. The summed E-state index contributed by atoms with van der Waals surface area (Å²) in [5, 5.41) is 4.98. The normalized spacial score (nSPS) is 11.5. The van der Waals surface area contributed by atoms with E-state index in [0.29, 0.717) is 5.13 Å². The standard InChI is InChI=1S/C18H19N3O4S2/c1-12-10-15(13(2)25-12)16-11-26-18(20-16)21-17(22)8-9-19-27(23,24)14-6-4-3-5-7-14/h3-7,10-11,19H,8-9H2,1-2H3,(H,20,21,22). The fraction of sp³-hybridized carbons (Fsp3) is 0.222. The van der Waals surface area contributed by atoms with Crippen molar-refractivity contribution < 1.29 is 17.6 Å². The van der Waals surface area contributed by atoms with E-state index in [2.05, 4.69) is 15.0 Å². The third-order valence-electron chi connectivity index (χ3n) is 3.77. The van der Waals surface area contributed by atoms with Gasteiger partial charge in [0.15, 0.2) is 5.13 Å². The molecule has 0 spiro atoms. The number of furan rings is 1. The van der Waals surface area contributed by atoms with Crippen molar-refractivity contribution in [3.8, 4) is 11.3 Å². The molecular weight excluding hydrogens is 386 g/mol. The number of hydrogen-bond acceptors (Lipinski definition) is 6. The second-order valence-corrected chi connectivity index (χ2v) is 8.50. The molecule has 2 aromatic heterocycles. The number of nitrogens with one attached hydrogen (secondary N) is 2. The molecule has 0 bridgehead atoms. The lowest BCUT2D eigenvalue weighted by Gasteiger charge is -2.06. The number of amides is 1. The highest BCUT2D eigenvalue weighted by Gasteiger charge is 2.15. The Morgan fingerprint density at radius 3 is 2.63 bits per heavy atom. The van der Waals surface area contributed by atoms with Crippen molar-refractivity contribution in [1.29, 1.82) is 0 Å². The number of anilines is 1. The lowest BCUT2D eigenvalue weighted by Crippen LogP contribution is -2.27. The van der Waals surface area contributed by atoms with Crippen molar-refractivity contribution >= 4 is 32.4 Å². The maximum absolute atomic E-state index is 12.1. The number of carbonyl (C=O) groups excluding carboxylic acids is 1. The second kappa shape index (κ2) is 8.03. The zero-order chi connectivity index (χ0) is 19.4. The minimum absolute atomic E-state index is 0.00132. The molecule has 0 aliphatic carbocycles. The van der Waals surface area contributed by atoms with Crippen molar-refractivity contribution in [2.45, 2.75) is 25.2 Å². The molecule has 0 saturated carbocycles. The minimum atomic E-state index is -3.62. The predicted molar refractivity (Wildman–Crippen MR) is 104 cm³/mol. The van der Waals surface area contributed by atoms with Crippen molar-refractivity contribution in [2.75, 3.05) is 11.9 Å². The van der Waals surface area contributed by atoms with E-state index in [1.54, 1.807) is 18.2 Å². The molecule has 0 fully saturated rings. The Morgan fingerprint density at radius 2 is 1.96 bits per heavy atom. The molecule has 142 valence electrons. The molecule has 9 heteroatoms. The van der Waals surface area contributed by atoms with Crippen molar-refractivity contribution in [3.05, 3.63) is 53.3 Å². The van der Waals surface area contributed by atoms with Gasteiger partial charge in [-0.3, -0.25) is 4.79 Å². The van der Waals surface area contributed by atoms with Crippen LogP contribution in [0.1, 0.15) is 17.9 Å². The summed E-state index contributed by atoms with van der Waals surface area (Å²) in [6.07, 6.45) is 0.00478. The Morgan fingerprint density at radius 1 is 1.22 bits per heavy atom. The van der Waals surface area contributed by atoms with Gasteiger partial charge in [-0.1, -0.05) is 18.2 Å². The number of aromatic nitrogens is 1. The third-order valence-corrected chi connectivity index (χ3v) is 6.00. The Hall–Kier alpha value is -2.49. The van der Waals surface area contributed by atoms with Crippen LogP contribution in [0.15, 0.2) is 51.1 Å². The zero-order valence-corrected chi connectivity index (χ0v) is 16.5. The summed E-state index contributed by atoms with van der Waals surface area (Å²) in [6, 6.07) is 9.92. The molecule has 3 rings (SSSR count). The molecule has 0 radical (unpaired) electrons. The molecule has 1 aromatic carbocycles. The van der Waals surface area contributed by atoms with E-state index in [1.807, 2.05) is 25.3 Å². The van der Waals surface area contributed by atoms with Crippen LogP contribution in [-0.2, 0) is 14.8 Å². The molecule has 2 N–H and O–H groups in total. The number of thiazole rings is 1. The highest BCUT2D eigenvalue weighted by atomic mass is 32.2. The van der Waals surface area contributed by atoms with E-state index >= 15 is 0 Å². The summed E-state index contributed by atoms with van der Waals surface area (Å²) >= 11 is 1.30. The summed E-state index contributed by atoms with van der Waals surface area (Å²) in [5.41, 5.74) is 1.62. The monoisotopic (exact) mass is 405 g/mol. The van der Waals surface area contributed by atoms with Crippen LogP contribution in [0.4, 0.5) is 5.13 Å². The fourth-order valence-electron chi connectivity index (χ4n) is 2.50. The van der Waals surface area contributed by atoms with E-state index in [4.69, 9.17) is 4.42 Å². The predicted octanol–water partition coefficient (Wildman–Crippen LogP) is 3.33. The van der Waals surface area contributed by atoms with E-state index in [1.165, 1.54) is 23.5 Å². The van der Waals surface area contributed by atoms with Gasteiger partial charge in [0.25, 0.3) is 0 Å². The molecule has 1 amide bonds. The first-order valence-corrected chi connectivity index (χ1v) is 10.6. The van der Waals surface area contributed by atoms with E-state index in [0.717, 1.165) is 22.8 Å². The summed E-state index contributed by atoms with van der Waals surface area (Å²) in [7, 11) is -3.62. The van der Waals surface area contributed by atoms with Crippen LogP contribution in [0.5, 0.6) is 0 Å². The van der Waals surface area contributed by atoms with Crippen LogP contribution < -0.4 is 10.0 Å². The first-order chi connectivity index (χ1) is 12.8. The third kappa shape index (κ3) is 4.82. The number of benzene rings is 1. The number of aryl methyl sites for hydroxylation is 2. The van der Waals surface area contributed by atoms with Gasteiger partial charge in [-0.15, -0.1) is 11.3 Å². The topological polar surface area (TPSA) is 101 Å². The van der Waals surface area contributed by atoms with Gasteiger partial charge in [0.2, 0.25) is 15.9 Å². The van der Waals surface area contributed by atoms with Crippen LogP contribution in [0.3, 0.4) is 0 Å². The van der Waals surface area contributed by atoms with Crippen molar-refractivity contribution in [1.82, 2.24) is 9.71 Å². The quantitative estimate of drug-likeness (QED) is 0.628. The molecule has 27 heavy (non-hydrogen) atoms. The fourth-order valence-corrected chi connectivity index (χ4v) is 4.28. The molecular formula is C18H19N3O4S2. The molecule has 0 unspecified atom stereocenters. The van der Waals surface area contributed by atoms with Gasteiger partial charge in [0.05, 0.1) is 10.6 Å². The average Bonchev–Trinajstić information content (AvgIpc) is 3.21. The smallest absolute Gasteiger partial charge is 0.240 e. The number of hydrogen-bond donors (Lipinski definition) is 2. The van der Waals surface area contributed by atoms with Crippen LogP contribution in [0, 0.1) is 13.8 Å². The maximum Gasteiger partial charge on any atom is 0.240 e. The van der Waals surface area contributed by atoms with E-state index in [-0.39, 0.29) is 23.8 Å². The van der Waals surface area contributed by atoms with Crippen LogP contribution >= 0.6 is 11.3 Å². The Bertz CT molecular complexity index is 1040. The number of sulfonamides is 1.